The molecule has 184 valence electrons. The average Bonchev–Trinajstić information content (AvgIpc) is 3.38. The van der Waals surface area contributed by atoms with Gasteiger partial charge in [-0.2, -0.15) is 4.98 Å². The molecule has 1 saturated heterocycles. The van der Waals surface area contributed by atoms with Gasteiger partial charge in [0.2, 0.25) is 5.91 Å². The molecule has 8 heteroatoms. The lowest BCUT2D eigenvalue weighted by Crippen LogP contribution is -2.35. The van der Waals surface area contributed by atoms with Crippen molar-refractivity contribution in [2.45, 2.75) is 51.9 Å². The minimum Gasteiger partial charge on any atom is -0.493 e. The van der Waals surface area contributed by atoms with Crippen LogP contribution in [0, 0.1) is 11.8 Å². The summed E-state index contributed by atoms with van der Waals surface area (Å²) in [6.07, 6.45) is 6.71. The first kappa shape index (κ1) is 24.3. The molecule has 2 N–H and O–H groups in total. The molecule has 1 unspecified atom stereocenters. The fraction of sp³-hybridized carbons (Fsp3) is 0.577. The first-order chi connectivity index (χ1) is 16.5. The highest BCUT2D eigenvalue weighted by Gasteiger charge is 2.24. The van der Waals surface area contributed by atoms with Crippen LogP contribution < -0.4 is 15.0 Å². The third-order valence-electron chi connectivity index (χ3n) is 6.74. The van der Waals surface area contributed by atoms with E-state index in [4.69, 9.17) is 14.4 Å². The predicted molar refractivity (Wildman–Crippen MR) is 131 cm³/mol. The lowest BCUT2D eigenvalue weighted by atomic mass is 9.86. The highest BCUT2D eigenvalue weighted by Crippen LogP contribution is 2.31. The van der Waals surface area contributed by atoms with Gasteiger partial charge in [-0.25, -0.2) is 0 Å². The summed E-state index contributed by atoms with van der Waals surface area (Å²) in [5, 5.41) is 15.7. The number of hydrogen-bond acceptors (Lipinski definition) is 7. The van der Waals surface area contributed by atoms with Crippen LogP contribution in [0.1, 0.15) is 63.3 Å². The second-order valence-electron chi connectivity index (χ2n) is 9.57. The minimum atomic E-state index is -0.0213. The van der Waals surface area contributed by atoms with Gasteiger partial charge in [0.05, 0.1) is 13.2 Å². The third kappa shape index (κ3) is 6.17. The molecular formula is C26H36N4O4. The van der Waals surface area contributed by atoms with E-state index in [1.54, 1.807) is 0 Å². The summed E-state index contributed by atoms with van der Waals surface area (Å²) >= 11 is 0. The van der Waals surface area contributed by atoms with Crippen molar-refractivity contribution < 1.29 is 19.2 Å². The molecule has 0 radical (unpaired) electrons. The van der Waals surface area contributed by atoms with Gasteiger partial charge in [-0.1, -0.05) is 37.2 Å². The molecule has 0 bridgehead atoms. The van der Waals surface area contributed by atoms with Crippen LogP contribution in [0.25, 0.3) is 5.57 Å². The summed E-state index contributed by atoms with van der Waals surface area (Å²) in [5.74, 6) is 2.47. The molecule has 4 rings (SSSR count). The second kappa shape index (κ2) is 11.5. The number of aliphatic hydroxyl groups is 1. The normalized spacial score (nSPS) is 19.2. The van der Waals surface area contributed by atoms with Gasteiger partial charge < -0.3 is 24.6 Å². The molecule has 8 nitrogen and oxygen atoms in total. The molecule has 2 aliphatic rings. The topological polar surface area (TPSA) is 101 Å². The summed E-state index contributed by atoms with van der Waals surface area (Å²) in [4.78, 5) is 18.8. The third-order valence-corrected chi connectivity index (χ3v) is 6.74. The molecule has 1 amide bonds. The van der Waals surface area contributed by atoms with Gasteiger partial charge in [-0.05, 0) is 61.3 Å². The average molecular weight is 469 g/mol. The summed E-state index contributed by atoms with van der Waals surface area (Å²) in [5.41, 5.74) is 2.47. The Bertz CT molecular complexity index is 961. The second-order valence-corrected chi connectivity index (χ2v) is 9.57. The van der Waals surface area contributed by atoms with Crippen molar-refractivity contribution in [3.05, 3.63) is 41.7 Å². The quantitative estimate of drug-likeness (QED) is 0.578. The van der Waals surface area contributed by atoms with E-state index in [-0.39, 0.29) is 24.3 Å². The van der Waals surface area contributed by atoms with Crippen LogP contribution in [0.15, 0.2) is 34.9 Å². The molecule has 1 fully saturated rings. The van der Waals surface area contributed by atoms with Crippen LogP contribution in [-0.4, -0.2) is 54.0 Å². The van der Waals surface area contributed by atoms with Crippen molar-refractivity contribution in [1.82, 2.24) is 15.5 Å². The Labute approximate surface area is 201 Å². The lowest BCUT2D eigenvalue weighted by Gasteiger charge is -2.30. The van der Waals surface area contributed by atoms with E-state index in [1.807, 2.05) is 12.1 Å². The molecule has 1 aromatic heterocycles. The Balaban J connectivity index is 1.21. The number of piperidine rings is 1. The standard InChI is InChI=1S/C26H36N4O4/c1-18(2)24-28-26(34-29-24)30-14-11-19(12-15-30)17-33-23-9-7-21(8-10-23)20-3-5-22(6-4-20)25(32)27-13-16-31/h3,7-10,18-19,22,31H,4-6,11-17H2,1-2H3,(H,27,32). The molecule has 1 aliphatic carbocycles. The maximum Gasteiger partial charge on any atom is 0.324 e. The van der Waals surface area contributed by atoms with Crippen LogP contribution in [0.3, 0.4) is 0 Å². The number of carbonyl (C=O) groups is 1. The monoisotopic (exact) mass is 468 g/mol. The molecule has 1 aliphatic heterocycles. The highest BCUT2D eigenvalue weighted by molar-refractivity contribution is 5.80. The number of hydrogen-bond donors (Lipinski definition) is 2. The number of aliphatic hydroxyl groups excluding tert-OH is 1. The van der Waals surface area contributed by atoms with Gasteiger partial charge in [0, 0.05) is 31.5 Å². The number of allylic oxidation sites excluding steroid dienone is 2. The Hall–Kier alpha value is -2.87. The van der Waals surface area contributed by atoms with Crippen molar-refractivity contribution >= 4 is 17.5 Å². The van der Waals surface area contributed by atoms with Gasteiger partial charge in [-0.3, -0.25) is 4.79 Å². The van der Waals surface area contributed by atoms with Gasteiger partial charge in [0.15, 0.2) is 5.82 Å². The number of anilines is 1. The Morgan fingerprint density at radius 3 is 2.62 bits per heavy atom. The Kier molecular flexibility index (Phi) is 8.21. The van der Waals surface area contributed by atoms with Crippen LogP contribution in [-0.2, 0) is 4.79 Å². The number of nitrogens with one attached hydrogen (secondary N) is 1. The minimum absolute atomic E-state index is 0.00131. The molecule has 1 aromatic carbocycles. The molecule has 2 aromatic rings. The SMILES string of the molecule is CC(C)c1noc(N2CCC(COc3ccc(C4=CCC(C(=O)NCCO)CC4)cc3)CC2)n1. The zero-order chi connectivity index (χ0) is 23.9. The van der Waals surface area contributed by atoms with E-state index in [0.29, 0.717) is 25.1 Å². The zero-order valence-corrected chi connectivity index (χ0v) is 20.2. The van der Waals surface area contributed by atoms with E-state index >= 15 is 0 Å². The number of rotatable bonds is 9. The number of amides is 1. The van der Waals surface area contributed by atoms with E-state index < -0.39 is 0 Å². The van der Waals surface area contributed by atoms with Crippen LogP contribution in [0.5, 0.6) is 5.75 Å². The van der Waals surface area contributed by atoms with Gasteiger partial charge in [-0.15, -0.1) is 0 Å². The molecule has 0 spiro atoms. The van der Waals surface area contributed by atoms with E-state index in [9.17, 15) is 4.79 Å². The maximum absolute atomic E-state index is 12.1. The van der Waals surface area contributed by atoms with E-state index in [0.717, 1.165) is 56.8 Å². The van der Waals surface area contributed by atoms with E-state index in [1.165, 1.54) is 11.1 Å². The first-order valence-electron chi connectivity index (χ1n) is 12.4. The molecular weight excluding hydrogens is 432 g/mol. The van der Waals surface area contributed by atoms with E-state index in [2.05, 4.69) is 52.4 Å². The molecule has 0 saturated carbocycles. The fourth-order valence-corrected chi connectivity index (χ4v) is 4.52. The lowest BCUT2D eigenvalue weighted by molar-refractivity contribution is -0.125. The van der Waals surface area contributed by atoms with Gasteiger partial charge in [0.1, 0.15) is 5.75 Å². The Morgan fingerprint density at radius 2 is 2.00 bits per heavy atom. The fourth-order valence-electron chi connectivity index (χ4n) is 4.52. The van der Waals surface area contributed by atoms with Gasteiger partial charge in [0.25, 0.3) is 0 Å². The predicted octanol–water partition coefficient (Wildman–Crippen LogP) is 3.78. The molecule has 2 heterocycles. The molecule has 34 heavy (non-hydrogen) atoms. The smallest absolute Gasteiger partial charge is 0.324 e. The van der Waals surface area contributed by atoms with Crippen molar-refractivity contribution in [2.75, 3.05) is 37.7 Å². The van der Waals surface area contributed by atoms with Crippen LogP contribution in [0.2, 0.25) is 0 Å². The maximum atomic E-state index is 12.1. The summed E-state index contributed by atoms with van der Waals surface area (Å²) in [6.45, 7) is 6.95. The number of ether oxygens (including phenoxy) is 1. The molecule has 1 atom stereocenters. The number of carbonyl (C=O) groups excluding carboxylic acids is 1. The summed E-state index contributed by atoms with van der Waals surface area (Å²) < 4.78 is 11.5. The largest absolute Gasteiger partial charge is 0.493 e. The van der Waals surface area contributed by atoms with Crippen LogP contribution in [0.4, 0.5) is 6.01 Å². The summed E-state index contributed by atoms with van der Waals surface area (Å²) in [7, 11) is 0. The van der Waals surface area contributed by atoms with Gasteiger partial charge >= 0.3 is 6.01 Å². The van der Waals surface area contributed by atoms with Crippen LogP contribution >= 0.6 is 0 Å². The Morgan fingerprint density at radius 1 is 1.24 bits per heavy atom. The summed E-state index contributed by atoms with van der Waals surface area (Å²) in [6, 6.07) is 8.93. The number of aromatic nitrogens is 2. The van der Waals surface area contributed by atoms with Crippen molar-refractivity contribution in [3.63, 3.8) is 0 Å². The number of nitrogens with zero attached hydrogens (tertiary/aromatic N) is 3. The van der Waals surface area contributed by atoms with Crippen molar-refractivity contribution in [3.8, 4) is 5.75 Å². The zero-order valence-electron chi connectivity index (χ0n) is 20.2. The first-order valence-corrected chi connectivity index (χ1v) is 12.4. The highest BCUT2D eigenvalue weighted by atomic mass is 16.5. The van der Waals surface area contributed by atoms with Crippen molar-refractivity contribution in [2.24, 2.45) is 11.8 Å². The number of benzene rings is 1. The van der Waals surface area contributed by atoms with Crippen molar-refractivity contribution in [1.29, 1.82) is 0 Å².